The molecule has 0 aliphatic rings. The highest BCUT2D eigenvalue weighted by atomic mass is 32.1. The van der Waals surface area contributed by atoms with E-state index in [2.05, 4.69) is 10.3 Å². The monoisotopic (exact) mass is 301 g/mol. The number of benzene rings is 1. The van der Waals surface area contributed by atoms with Gasteiger partial charge in [-0.2, -0.15) is 0 Å². The van der Waals surface area contributed by atoms with Gasteiger partial charge < -0.3 is 11.1 Å². The number of carbonyl (C=O) groups excluding carboxylic acids is 1. The Balaban J connectivity index is 1.93. The van der Waals surface area contributed by atoms with Crippen LogP contribution in [0.2, 0.25) is 0 Å². The van der Waals surface area contributed by atoms with E-state index in [1.54, 1.807) is 31.3 Å². The Hall–Kier alpha value is -2.47. The second-order valence-corrected chi connectivity index (χ2v) is 5.62. The largest absolute Gasteiger partial charge is 0.397 e. The Labute approximate surface area is 124 Å². The van der Waals surface area contributed by atoms with Crippen LogP contribution >= 0.6 is 11.3 Å². The van der Waals surface area contributed by atoms with Gasteiger partial charge in [-0.15, -0.1) is 11.3 Å². The van der Waals surface area contributed by atoms with E-state index in [0.29, 0.717) is 26.6 Å². The number of anilines is 2. The van der Waals surface area contributed by atoms with E-state index in [-0.39, 0.29) is 11.7 Å². The quantitative estimate of drug-likeness (QED) is 0.760. The summed E-state index contributed by atoms with van der Waals surface area (Å²) in [5.74, 6) is -0.725. The van der Waals surface area contributed by atoms with Gasteiger partial charge in [0.25, 0.3) is 5.91 Å². The SMILES string of the molecule is Cc1ccc(NC(=O)c2sc3ncccc3c2N)cc1F. The van der Waals surface area contributed by atoms with Gasteiger partial charge in [0.1, 0.15) is 15.5 Å². The van der Waals surface area contributed by atoms with Crippen molar-refractivity contribution in [1.82, 2.24) is 4.98 Å². The molecule has 0 fully saturated rings. The summed E-state index contributed by atoms with van der Waals surface area (Å²) in [5.41, 5.74) is 7.30. The van der Waals surface area contributed by atoms with Crippen LogP contribution in [-0.2, 0) is 0 Å². The molecular weight excluding hydrogens is 289 g/mol. The first-order chi connectivity index (χ1) is 10.1. The molecule has 3 N–H and O–H groups in total. The van der Waals surface area contributed by atoms with E-state index in [0.717, 1.165) is 5.39 Å². The maximum Gasteiger partial charge on any atom is 0.267 e. The number of carbonyl (C=O) groups is 1. The molecule has 3 aromatic rings. The standard InChI is InChI=1S/C15H12FN3OS/c1-8-4-5-9(7-11(8)16)19-14(20)13-12(17)10-3-2-6-18-15(10)21-13/h2-7H,17H2,1H3,(H,19,20). The number of nitrogens with one attached hydrogen (secondary N) is 1. The number of pyridine rings is 1. The zero-order valence-corrected chi connectivity index (χ0v) is 12.0. The van der Waals surface area contributed by atoms with Crippen LogP contribution in [0.1, 0.15) is 15.2 Å². The fraction of sp³-hybridized carbons (Fsp3) is 0.0667. The fourth-order valence-electron chi connectivity index (χ4n) is 1.98. The van der Waals surface area contributed by atoms with Gasteiger partial charge in [0.05, 0.1) is 5.69 Å². The zero-order valence-electron chi connectivity index (χ0n) is 11.2. The van der Waals surface area contributed by atoms with Gasteiger partial charge in [0.2, 0.25) is 0 Å². The Morgan fingerprint density at radius 1 is 1.38 bits per heavy atom. The van der Waals surface area contributed by atoms with E-state index in [9.17, 15) is 9.18 Å². The summed E-state index contributed by atoms with van der Waals surface area (Å²) in [6.07, 6.45) is 1.65. The Bertz CT molecular complexity index is 844. The van der Waals surface area contributed by atoms with Gasteiger partial charge in [-0.25, -0.2) is 9.37 Å². The topological polar surface area (TPSA) is 68.0 Å². The van der Waals surface area contributed by atoms with Crippen molar-refractivity contribution in [3.05, 3.63) is 52.8 Å². The maximum absolute atomic E-state index is 13.5. The number of aryl methyl sites for hydroxylation is 1. The minimum Gasteiger partial charge on any atom is -0.397 e. The lowest BCUT2D eigenvalue weighted by molar-refractivity contribution is 0.103. The van der Waals surface area contributed by atoms with Gasteiger partial charge >= 0.3 is 0 Å². The third-order valence-electron chi connectivity index (χ3n) is 3.14. The van der Waals surface area contributed by atoms with Crippen LogP contribution in [0.5, 0.6) is 0 Å². The molecule has 2 aromatic heterocycles. The fourth-order valence-corrected chi connectivity index (χ4v) is 2.94. The molecule has 0 aliphatic carbocycles. The molecule has 0 aliphatic heterocycles. The molecule has 2 heterocycles. The summed E-state index contributed by atoms with van der Waals surface area (Å²) < 4.78 is 13.5. The van der Waals surface area contributed by atoms with Gasteiger partial charge in [0, 0.05) is 17.3 Å². The van der Waals surface area contributed by atoms with Gasteiger partial charge in [-0.1, -0.05) is 6.07 Å². The van der Waals surface area contributed by atoms with Gasteiger partial charge in [0.15, 0.2) is 0 Å². The van der Waals surface area contributed by atoms with E-state index in [4.69, 9.17) is 5.73 Å². The number of fused-ring (bicyclic) bond motifs is 1. The molecule has 1 amide bonds. The number of aromatic nitrogens is 1. The minimum atomic E-state index is -0.362. The number of thiophene rings is 1. The number of nitrogens with two attached hydrogens (primary N) is 1. The minimum absolute atomic E-state index is 0.362. The van der Waals surface area contributed by atoms with Crippen molar-refractivity contribution in [2.24, 2.45) is 0 Å². The van der Waals surface area contributed by atoms with Crippen molar-refractivity contribution in [2.75, 3.05) is 11.1 Å². The molecule has 0 radical (unpaired) electrons. The van der Waals surface area contributed by atoms with Crippen molar-refractivity contribution in [3.8, 4) is 0 Å². The molecule has 0 unspecified atom stereocenters. The number of nitrogen functional groups attached to an aromatic ring is 1. The maximum atomic E-state index is 13.5. The van der Waals surface area contributed by atoms with Crippen LogP contribution in [0.15, 0.2) is 36.5 Å². The van der Waals surface area contributed by atoms with Crippen molar-refractivity contribution in [2.45, 2.75) is 6.92 Å². The van der Waals surface area contributed by atoms with Crippen LogP contribution < -0.4 is 11.1 Å². The Morgan fingerprint density at radius 3 is 2.90 bits per heavy atom. The summed E-state index contributed by atoms with van der Waals surface area (Å²) in [6.45, 7) is 1.66. The normalized spacial score (nSPS) is 10.8. The first-order valence-corrected chi connectivity index (χ1v) is 7.08. The second-order valence-electron chi connectivity index (χ2n) is 4.62. The van der Waals surface area contributed by atoms with Crippen LogP contribution in [0.25, 0.3) is 10.2 Å². The van der Waals surface area contributed by atoms with Crippen molar-refractivity contribution >= 4 is 38.8 Å². The van der Waals surface area contributed by atoms with Crippen molar-refractivity contribution < 1.29 is 9.18 Å². The summed E-state index contributed by atoms with van der Waals surface area (Å²) in [5, 5.41) is 3.40. The average molecular weight is 301 g/mol. The van der Waals surface area contributed by atoms with Gasteiger partial charge in [-0.05, 0) is 36.8 Å². The first kappa shape index (κ1) is 13.5. The zero-order chi connectivity index (χ0) is 15.0. The van der Waals surface area contributed by atoms with E-state index < -0.39 is 0 Å². The molecule has 106 valence electrons. The number of halogens is 1. The second kappa shape index (κ2) is 5.14. The predicted octanol–water partition coefficient (Wildman–Crippen LogP) is 3.58. The lowest BCUT2D eigenvalue weighted by Gasteiger charge is -2.05. The molecule has 0 bridgehead atoms. The molecular formula is C15H12FN3OS. The summed E-state index contributed by atoms with van der Waals surface area (Å²) in [7, 11) is 0. The van der Waals surface area contributed by atoms with Crippen LogP contribution in [-0.4, -0.2) is 10.9 Å². The van der Waals surface area contributed by atoms with E-state index in [1.807, 2.05) is 6.07 Å². The number of rotatable bonds is 2. The molecule has 21 heavy (non-hydrogen) atoms. The summed E-state index contributed by atoms with van der Waals surface area (Å²) >= 11 is 1.22. The van der Waals surface area contributed by atoms with Crippen LogP contribution in [0.3, 0.4) is 0 Å². The lowest BCUT2D eigenvalue weighted by atomic mass is 10.2. The number of hydrogen-bond acceptors (Lipinski definition) is 4. The lowest BCUT2D eigenvalue weighted by Crippen LogP contribution is -2.12. The third kappa shape index (κ3) is 2.45. The average Bonchev–Trinajstić information content (AvgIpc) is 2.81. The highest BCUT2D eigenvalue weighted by Gasteiger charge is 2.17. The number of hydrogen-bond donors (Lipinski definition) is 2. The number of nitrogens with zero attached hydrogens (tertiary/aromatic N) is 1. The smallest absolute Gasteiger partial charge is 0.267 e. The van der Waals surface area contributed by atoms with Crippen LogP contribution in [0, 0.1) is 12.7 Å². The highest BCUT2D eigenvalue weighted by Crippen LogP contribution is 2.32. The molecule has 4 nitrogen and oxygen atoms in total. The first-order valence-electron chi connectivity index (χ1n) is 6.27. The van der Waals surface area contributed by atoms with Crippen LogP contribution in [0.4, 0.5) is 15.8 Å². The highest BCUT2D eigenvalue weighted by molar-refractivity contribution is 7.21. The Morgan fingerprint density at radius 2 is 2.19 bits per heavy atom. The van der Waals surface area contributed by atoms with E-state index in [1.165, 1.54) is 17.4 Å². The van der Waals surface area contributed by atoms with E-state index >= 15 is 0 Å². The molecule has 1 aromatic carbocycles. The van der Waals surface area contributed by atoms with Gasteiger partial charge in [-0.3, -0.25) is 4.79 Å². The summed E-state index contributed by atoms with van der Waals surface area (Å²) in [4.78, 5) is 17.5. The number of amides is 1. The van der Waals surface area contributed by atoms with Crippen molar-refractivity contribution in [3.63, 3.8) is 0 Å². The molecule has 0 spiro atoms. The molecule has 0 saturated heterocycles. The van der Waals surface area contributed by atoms with Crippen molar-refractivity contribution in [1.29, 1.82) is 0 Å². The Kier molecular flexibility index (Phi) is 3.31. The summed E-state index contributed by atoms with van der Waals surface area (Å²) in [6, 6.07) is 8.13. The third-order valence-corrected chi connectivity index (χ3v) is 4.27. The molecule has 6 heteroatoms. The molecule has 0 atom stereocenters. The predicted molar refractivity (Wildman–Crippen MR) is 83.1 cm³/mol. The molecule has 3 rings (SSSR count). The molecule has 0 saturated carbocycles.